The van der Waals surface area contributed by atoms with E-state index in [1.807, 2.05) is 24.3 Å². The third kappa shape index (κ3) is 3.39. The van der Waals surface area contributed by atoms with Crippen LogP contribution in [0.2, 0.25) is 0 Å². The number of aromatic amines is 1. The van der Waals surface area contributed by atoms with Crippen LogP contribution in [0.3, 0.4) is 0 Å². The molecule has 25 heavy (non-hydrogen) atoms. The van der Waals surface area contributed by atoms with E-state index < -0.39 is 0 Å². The molecule has 0 radical (unpaired) electrons. The van der Waals surface area contributed by atoms with Crippen molar-refractivity contribution in [1.29, 1.82) is 0 Å². The van der Waals surface area contributed by atoms with Gasteiger partial charge in [-0.1, -0.05) is 26.0 Å². The van der Waals surface area contributed by atoms with E-state index in [0.717, 1.165) is 11.3 Å². The molecule has 0 aliphatic carbocycles. The monoisotopic (exact) mass is 353 g/mol. The lowest BCUT2D eigenvalue weighted by atomic mass is 10.0. The van der Waals surface area contributed by atoms with Crippen molar-refractivity contribution in [1.82, 2.24) is 9.55 Å². The molecular formula is C19H19N3O2S. The third-order valence-electron chi connectivity index (χ3n) is 4.17. The number of hydrogen-bond acceptors (Lipinski definition) is 3. The molecule has 0 spiro atoms. The van der Waals surface area contributed by atoms with Crippen molar-refractivity contribution in [3.8, 4) is 0 Å². The van der Waals surface area contributed by atoms with Crippen molar-refractivity contribution < 1.29 is 4.79 Å². The molecule has 0 fully saturated rings. The summed E-state index contributed by atoms with van der Waals surface area (Å²) in [4.78, 5) is 27.7. The molecule has 2 aromatic carbocycles. The molecular weight excluding hydrogens is 334 g/mol. The van der Waals surface area contributed by atoms with Crippen LogP contribution in [0.4, 0.5) is 5.69 Å². The van der Waals surface area contributed by atoms with Gasteiger partial charge >= 0.3 is 0 Å². The Labute approximate surface area is 150 Å². The van der Waals surface area contributed by atoms with Crippen LogP contribution in [0.5, 0.6) is 0 Å². The smallest absolute Gasteiger partial charge is 0.261 e. The number of rotatable bonds is 3. The molecule has 1 aromatic heterocycles. The van der Waals surface area contributed by atoms with Crippen LogP contribution in [-0.2, 0) is 7.05 Å². The Balaban J connectivity index is 1.95. The Hall–Kier alpha value is -2.73. The van der Waals surface area contributed by atoms with Crippen LogP contribution in [-0.4, -0.2) is 15.5 Å². The Morgan fingerprint density at radius 3 is 2.68 bits per heavy atom. The molecule has 3 rings (SSSR count). The van der Waals surface area contributed by atoms with Crippen molar-refractivity contribution in [2.75, 3.05) is 5.32 Å². The zero-order chi connectivity index (χ0) is 18.1. The zero-order valence-corrected chi connectivity index (χ0v) is 15.1. The molecule has 0 saturated heterocycles. The Kier molecular flexibility index (Phi) is 4.55. The van der Waals surface area contributed by atoms with Gasteiger partial charge in [0.15, 0.2) is 4.77 Å². The van der Waals surface area contributed by atoms with E-state index in [-0.39, 0.29) is 11.5 Å². The van der Waals surface area contributed by atoms with Crippen LogP contribution in [0.25, 0.3) is 10.9 Å². The van der Waals surface area contributed by atoms with Gasteiger partial charge in [-0.15, -0.1) is 0 Å². The van der Waals surface area contributed by atoms with Crippen molar-refractivity contribution >= 4 is 34.7 Å². The normalized spacial score (nSPS) is 11.0. The fourth-order valence-electron chi connectivity index (χ4n) is 2.63. The van der Waals surface area contributed by atoms with Gasteiger partial charge in [0.2, 0.25) is 0 Å². The topological polar surface area (TPSA) is 66.9 Å². The molecule has 0 aliphatic heterocycles. The first kappa shape index (κ1) is 17.1. The summed E-state index contributed by atoms with van der Waals surface area (Å²) in [5, 5.41) is 3.39. The lowest BCUT2D eigenvalue weighted by Gasteiger charge is -2.10. The number of fused-ring (bicyclic) bond motifs is 1. The Morgan fingerprint density at radius 2 is 1.96 bits per heavy atom. The average molecular weight is 353 g/mol. The first-order valence-corrected chi connectivity index (χ1v) is 8.42. The van der Waals surface area contributed by atoms with Gasteiger partial charge < -0.3 is 10.3 Å². The number of H-pyrrole nitrogens is 1. The summed E-state index contributed by atoms with van der Waals surface area (Å²) in [6.07, 6.45) is 0. The van der Waals surface area contributed by atoms with E-state index in [1.54, 1.807) is 25.2 Å². The largest absolute Gasteiger partial charge is 0.332 e. The second kappa shape index (κ2) is 6.64. The molecule has 0 aliphatic rings. The summed E-state index contributed by atoms with van der Waals surface area (Å²) in [7, 11) is 1.61. The first-order chi connectivity index (χ1) is 11.9. The van der Waals surface area contributed by atoms with Gasteiger partial charge in [-0.2, -0.15) is 0 Å². The molecule has 5 nitrogen and oxygen atoms in total. The minimum Gasteiger partial charge on any atom is -0.332 e. The van der Waals surface area contributed by atoms with Crippen molar-refractivity contribution in [2.45, 2.75) is 19.8 Å². The lowest BCUT2D eigenvalue weighted by Crippen LogP contribution is -2.19. The summed E-state index contributed by atoms with van der Waals surface area (Å²) in [5.41, 5.74) is 2.73. The molecule has 1 amide bonds. The molecule has 0 unspecified atom stereocenters. The van der Waals surface area contributed by atoms with Crippen LogP contribution in [0.1, 0.15) is 35.7 Å². The van der Waals surface area contributed by atoms with Gasteiger partial charge in [0.25, 0.3) is 11.5 Å². The second-order valence-corrected chi connectivity index (χ2v) is 6.68. The number of amides is 1. The lowest BCUT2D eigenvalue weighted by molar-refractivity contribution is 0.102. The summed E-state index contributed by atoms with van der Waals surface area (Å²) in [5.74, 6) is 0.150. The highest BCUT2D eigenvalue weighted by atomic mass is 32.1. The first-order valence-electron chi connectivity index (χ1n) is 8.01. The molecule has 0 atom stereocenters. The van der Waals surface area contributed by atoms with Crippen molar-refractivity contribution in [3.05, 3.63) is 68.7 Å². The molecule has 0 saturated carbocycles. The minimum absolute atomic E-state index is 0.185. The predicted octanol–water partition coefficient (Wildman–Crippen LogP) is 3.97. The molecule has 1 heterocycles. The molecule has 2 N–H and O–H groups in total. The number of nitrogens with one attached hydrogen (secondary N) is 2. The van der Waals surface area contributed by atoms with E-state index in [2.05, 4.69) is 24.1 Å². The van der Waals surface area contributed by atoms with Gasteiger partial charge in [0.1, 0.15) is 0 Å². The molecule has 6 heteroatoms. The van der Waals surface area contributed by atoms with E-state index in [1.165, 1.54) is 4.57 Å². The van der Waals surface area contributed by atoms with Crippen LogP contribution >= 0.6 is 12.2 Å². The summed E-state index contributed by atoms with van der Waals surface area (Å²) in [6, 6.07) is 12.7. The number of hydrogen-bond donors (Lipinski definition) is 2. The van der Waals surface area contributed by atoms with Gasteiger partial charge in [0.05, 0.1) is 10.9 Å². The van der Waals surface area contributed by atoms with Crippen LogP contribution in [0.15, 0.2) is 47.3 Å². The highest BCUT2D eigenvalue weighted by Crippen LogP contribution is 2.19. The standard InChI is InChI=1S/C19H19N3O2S/c1-11(2)12-5-4-6-14(9-12)20-17(23)13-7-8-15-16(10-13)21-19(25)22(3)18(15)24/h4-11H,1-3H3,(H,20,23)(H,21,25). The van der Waals surface area contributed by atoms with E-state index >= 15 is 0 Å². The fraction of sp³-hybridized carbons (Fsp3) is 0.211. The van der Waals surface area contributed by atoms with Crippen LogP contribution in [0, 0.1) is 4.77 Å². The number of nitrogens with zero attached hydrogens (tertiary/aromatic N) is 1. The maximum Gasteiger partial charge on any atom is 0.261 e. The molecule has 0 bridgehead atoms. The zero-order valence-electron chi connectivity index (χ0n) is 14.3. The summed E-state index contributed by atoms with van der Waals surface area (Å²) >= 11 is 5.13. The van der Waals surface area contributed by atoms with Crippen LogP contribution < -0.4 is 10.9 Å². The average Bonchev–Trinajstić information content (AvgIpc) is 2.59. The van der Waals surface area contributed by atoms with E-state index in [0.29, 0.717) is 27.2 Å². The Bertz CT molecular complexity index is 1080. The van der Waals surface area contributed by atoms with Crippen molar-refractivity contribution in [2.24, 2.45) is 7.05 Å². The number of anilines is 1. The summed E-state index contributed by atoms with van der Waals surface area (Å²) < 4.78 is 1.69. The van der Waals surface area contributed by atoms with E-state index in [9.17, 15) is 9.59 Å². The molecule has 3 aromatic rings. The SMILES string of the molecule is CC(C)c1cccc(NC(=O)c2ccc3c(=O)n(C)c(=S)[nH]c3c2)c1. The number of aromatic nitrogens is 2. The highest BCUT2D eigenvalue weighted by Gasteiger charge is 2.10. The van der Waals surface area contributed by atoms with Gasteiger partial charge in [-0.3, -0.25) is 14.2 Å². The maximum atomic E-state index is 12.5. The number of benzene rings is 2. The highest BCUT2D eigenvalue weighted by molar-refractivity contribution is 7.71. The van der Waals surface area contributed by atoms with Gasteiger partial charge in [-0.25, -0.2) is 0 Å². The van der Waals surface area contributed by atoms with E-state index in [4.69, 9.17) is 12.2 Å². The van der Waals surface area contributed by atoms with Crippen molar-refractivity contribution in [3.63, 3.8) is 0 Å². The quantitative estimate of drug-likeness (QED) is 0.700. The maximum absolute atomic E-state index is 12.5. The number of carbonyl (C=O) groups excluding carboxylic acids is 1. The van der Waals surface area contributed by atoms with Gasteiger partial charge in [-0.05, 0) is 54.0 Å². The second-order valence-electron chi connectivity index (χ2n) is 6.29. The predicted molar refractivity (Wildman–Crippen MR) is 103 cm³/mol. The summed E-state index contributed by atoms with van der Waals surface area (Å²) in [6.45, 7) is 4.21. The Morgan fingerprint density at radius 1 is 1.20 bits per heavy atom. The third-order valence-corrected chi connectivity index (χ3v) is 4.55. The number of carbonyl (C=O) groups is 1. The van der Waals surface area contributed by atoms with Gasteiger partial charge in [0, 0.05) is 18.3 Å². The molecule has 128 valence electrons. The fourth-order valence-corrected chi connectivity index (χ4v) is 2.82. The minimum atomic E-state index is -0.234.